The summed E-state index contributed by atoms with van der Waals surface area (Å²) in [6.45, 7) is 8.97. The molecule has 1 heteroatoms. The van der Waals surface area contributed by atoms with Gasteiger partial charge in [0.1, 0.15) is 0 Å². The van der Waals surface area contributed by atoms with Crippen molar-refractivity contribution in [2.24, 2.45) is 11.3 Å². The summed E-state index contributed by atoms with van der Waals surface area (Å²) >= 11 is 5.58. The second-order valence-electron chi connectivity index (χ2n) is 5.18. The van der Waals surface area contributed by atoms with Crippen LogP contribution in [0.4, 0.5) is 0 Å². The van der Waals surface area contributed by atoms with Crippen LogP contribution in [0.15, 0.2) is 30.3 Å². The number of thiocarbonyl (C=S) groups is 1. The van der Waals surface area contributed by atoms with Crippen LogP contribution in [0.5, 0.6) is 0 Å². The zero-order valence-corrected chi connectivity index (χ0v) is 10.9. The van der Waals surface area contributed by atoms with Crippen molar-refractivity contribution in [3.8, 4) is 0 Å². The molecular formula is C14H20S. The lowest BCUT2D eigenvalue weighted by Crippen LogP contribution is -2.25. The Morgan fingerprint density at radius 2 is 1.73 bits per heavy atom. The lowest BCUT2D eigenvalue weighted by molar-refractivity contribution is 0.399. The van der Waals surface area contributed by atoms with Gasteiger partial charge >= 0.3 is 0 Å². The van der Waals surface area contributed by atoms with E-state index < -0.39 is 0 Å². The van der Waals surface area contributed by atoms with Crippen LogP contribution in [-0.2, 0) is 0 Å². The number of hydrogen-bond acceptors (Lipinski definition) is 1. The molecule has 0 amide bonds. The molecule has 0 aliphatic rings. The van der Waals surface area contributed by atoms with Crippen LogP contribution in [-0.4, -0.2) is 4.86 Å². The number of benzene rings is 1. The Balaban J connectivity index is 2.85. The fourth-order valence-electron chi connectivity index (χ4n) is 2.09. The van der Waals surface area contributed by atoms with Gasteiger partial charge in [-0.15, -0.1) is 0 Å². The van der Waals surface area contributed by atoms with E-state index in [0.717, 1.165) is 11.3 Å². The maximum atomic E-state index is 5.58. The minimum Gasteiger partial charge on any atom is -0.0837 e. The Bertz CT molecular complexity index is 322. The van der Waals surface area contributed by atoms with Crippen molar-refractivity contribution in [1.82, 2.24) is 0 Å². The second kappa shape index (κ2) is 4.89. The molecular weight excluding hydrogens is 200 g/mol. The van der Waals surface area contributed by atoms with E-state index in [9.17, 15) is 0 Å². The zero-order chi connectivity index (χ0) is 11.5. The van der Waals surface area contributed by atoms with E-state index in [2.05, 4.69) is 39.8 Å². The minimum atomic E-state index is 0.116. The van der Waals surface area contributed by atoms with E-state index >= 15 is 0 Å². The molecule has 1 rings (SSSR count). The molecule has 15 heavy (non-hydrogen) atoms. The van der Waals surface area contributed by atoms with Gasteiger partial charge in [-0.3, -0.25) is 0 Å². The Morgan fingerprint density at radius 3 is 2.20 bits per heavy atom. The third kappa shape index (κ3) is 3.42. The Morgan fingerprint density at radius 1 is 1.20 bits per heavy atom. The average Bonchev–Trinajstić information content (AvgIpc) is 2.16. The van der Waals surface area contributed by atoms with Gasteiger partial charge in [-0.25, -0.2) is 0 Å². The van der Waals surface area contributed by atoms with Crippen LogP contribution in [0.1, 0.15) is 39.7 Å². The largest absolute Gasteiger partial charge is 0.0837 e. The smallest absolute Gasteiger partial charge is 0.0280 e. The van der Waals surface area contributed by atoms with Gasteiger partial charge in [0, 0.05) is 10.3 Å². The maximum absolute atomic E-state index is 5.58. The Kier molecular flexibility index (Phi) is 4.04. The van der Waals surface area contributed by atoms with E-state index in [1.54, 1.807) is 0 Å². The predicted octanol–water partition coefficient (Wildman–Crippen LogP) is 4.48. The van der Waals surface area contributed by atoms with Crippen molar-refractivity contribution < 1.29 is 0 Å². The van der Waals surface area contributed by atoms with E-state index in [4.69, 9.17) is 12.2 Å². The van der Waals surface area contributed by atoms with E-state index in [-0.39, 0.29) is 5.41 Å². The van der Waals surface area contributed by atoms with Crippen molar-refractivity contribution in [2.75, 3.05) is 0 Å². The average molecular weight is 220 g/mol. The minimum absolute atomic E-state index is 0.116. The molecule has 1 aromatic rings. The summed E-state index contributed by atoms with van der Waals surface area (Å²) in [6.07, 6.45) is 1.14. The zero-order valence-electron chi connectivity index (χ0n) is 10.1. The second-order valence-corrected chi connectivity index (χ2v) is 5.59. The van der Waals surface area contributed by atoms with Crippen LogP contribution < -0.4 is 0 Å². The highest BCUT2D eigenvalue weighted by molar-refractivity contribution is 7.81. The van der Waals surface area contributed by atoms with Crippen LogP contribution in [0, 0.1) is 11.3 Å². The van der Waals surface area contributed by atoms with Crippen LogP contribution in [0.3, 0.4) is 0 Å². The van der Waals surface area contributed by atoms with E-state index in [0.29, 0.717) is 5.92 Å². The molecule has 0 heterocycles. The number of rotatable bonds is 4. The molecule has 0 atom stereocenters. The highest BCUT2D eigenvalue weighted by Crippen LogP contribution is 2.30. The summed E-state index contributed by atoms with van der Waals surface area (Å²) in [5.41, 5.74) is 1.31. The monoisotopic (exact) mass is 220 g/mol. The van der Waals surface area contributed by atoms with Gasteiger partial charge in [0.25, 0.3) is 0 Å². The molecule has 0 N–H and O–H groups in total. The number of hydrogen-bond donors (Lipinski definition) is 0. The molecule has 0 spiro atoms. The van der Waals surface area contributed by atoms with Crippen molar-refractivity contribution in [2.45, 2.75) is 34.1 Å². The fraction of sp³-hybridized carbons (Fsp3) is 0.500. The van der Waals surface area contributed by atoms with E-state index in [1.165, 1.54) is 5.56 Å². The lowest BCUT2D eigenvalue weighted by atomic mass is 9.79. The van der Waals surface area contributed by atoms with Gasteiger partial charge in [0.15, 0.2) is 0 Å². The van der Waals surface area contributed by atoms with Crippen LogP contribution >= 0.6 is 12.2 Å². The van der Waals surface area contributed by atoms with Crippen LogP contribution in [0.2, 0.25) is 0 Å². The summed E-state index contributed by atoms with van der Waals surface area (Å²) < 4.78 is 0. The first-order valence-corrected chi connectivity index (χ1v) is 5.94. The summed E-state index contributed by atoms with van der Waals surface area (Å²) in [7, 11) is 0. The highest BCUT2D eigenvalue weighted by Gasteiger charge is 2.25. The van der Waals surface area contributed by atoms with Gasteiger partial charge < -0.3 is 0 Å². The summed E-state index contributed by atoms with van der Waals surface area (Å²) in [5, 5.41) is 0. The summed E-state index contributed by atoms with van der Waals surface area (Å²) in [6, 6.07) is 10.3. The van der Waals surface area contributed by atoms with Gasteiger partial charge in [0.2, 0.25) is 0 Å². The third-order valence-corrected chi connectivity index (χ3v) is 3.36. The first-order chi connectivity index (χ1) is 6.93. The molecule has 0 nitrogen and oxygen atoms in total. The van der Waals surface area contributed by atoms with Gasteiger partial charge in [0.05, 0.1) is 0 Å². The normalized spacial score (nSPS) is 11.8. The third-order valence-electron chi connectivity index (χ3n) is 2.57. The predicted molar refractivity (Wildman–Crippen MR) is 71.4 cm³/mol. The Hall–Kier alpha value is -0.690. The molecule has 0 fully saturated rings. The molecule has 0 bridgehead atoms. The Labute approximate surface area is 98.7 Å². The molecule has 0 saturated heterocycles. The summed E-state index contributed by atoms with van der Waals surface area (Å²) in [4.78, 5) is 1.08. The molecule has 0 saturated carbocycles. The SMILES string of the molecule is CC(C)CC(C)(C)C(=S)c1ccccc1. The molecule has 0 unspecified atom stereocenters. The van der Waals surface area contributed by atoms with Gasteiger partial charge in [-0.05, 0) is 17.9 Å². The van der Waals surface area contributed by atoms with Crippen molar-refractivity contribution in [3.05, 3.63) is 35.9 Å². The fourth-order valence-corrected chi connectivity index (χ4v) is 2.31. The first-order valence-electron chi connectivity index (χ1n) is 5.53. The molecule has 0 radical (unpaired) electrons. The van der Waals surface area contributed by atoms with Gasteiger partial charge in [-0.2, -0.15) is 0 Å². The van der Waals surface area contributed by atoms with Gasteiger partial charge in [-0.1, -0.05) is 70.2 Å². The lowest BCUT2D eigenvalue weighted by Gasteiger charge is -2.28. The standard InChI is InChI=1S/C14H20S/c1-11(2)10-14(3,4)13(15)12-8-6-5-7-9-12/h5-9,11H,10H2,1-4H3. The van der Waals surface area contributed by atoms with Crippen LogP contribution in [0.25, 0.3) is 0 Å². The quantitative estimate of drug-likeness (QED) is 0.532. The molecule has 0 aliphatic heterocycles. The first kappa shape index (κ1) is 12.4. The maximum Gasteiger partial charge on any atom is 0.0280 e. The van der Waals surface area contributed by atoms with Crippen molar-refractivity contribution in [3.63, 3.8) is 0 Å². The van der Waals surface area contributed by atoms with E-state index in [1.807, 2.05) is 18.2 Å². The summed E-state index contributed by atoms with van der Waals surface area (Å²) in [5.74, 6) is 0.682. The molecule has 1 aromatic carbocycles. The highest BCUT2D eigenvalue weighted by atomic mass is 32.1. The van der Waals surface area contributed by atoms with Crippen molar-refractivity contribution in [1.29, 1.82) is 0 Å². The molecule has 0 aromatic heterocycles. The molecule has 0 aliphatic carbocycles. The molecule has 82 valence electrons. The topological polar surface area (TPSA) is 0 Å². The van der Waals surface area contributed by atoms with Crippen molar-refractivity contribution >= 4 is 17.1 Å².